The second kappa shape index (κ2) is 9.22. The van der Waals surface area contributed by atoms with Gasteiger partial charge in [-0.1, -0.05) is 0 Å². The average molecular weight is 575 g/mol. The van der Waals surface area contributed by atoms with Crippen LogP contribution in [0, 0.1) is 23.5 Å². The number of carbonyl (C=O) groups excluding carboxylic acids is 1. The maximum atomic E-state index is 14.4. The molecule has 0 radical (unpaired) electrons. The molecule has 1 aromatic carbocycles. The van der Waals surface area contributed by atoms with Gasteiger partial charge in [0.2, 0.25) is 21.8 Å². The van der Waals surface area contributed by atoms with E-state index in [0.717, 1.165) is 48.9 Å². The van der Waals surface area contributed by atoms with Crippen LogP contribution in [-0.2, 0) is 27.5 Å². The third kappa shape index (κ3) is 4.82. The molecule has 39 heavy (non-hydrogen) atoms. The number of carbonyl (C=O) groups is 1. The number of benzene rings is 1. The van der Waals surface area contributed by atoms with Gasteiger partial charge in [-0.05, 0) is 30.3 Å². The van der Waals surface area contributed by atoms with Crippen LogP contribution in [-0.4, -0.2) is 52.1 Å². The van der Waals surface area contributed by atoms with Crippen molar-refractivity contribution in [3.8, 4) is 11.3 Å². The monoisotopic (exact) mass is 575 g/mol. The van der Waals surface area contributed by atoms with E-state index in [-0.39, 0.29) is 16.8 Å². The lowest BCUT2D eigenvalue weighted by Gasteiger charge is -2.27. The van der Waals surface area contributed by atoms with Crippen LogP contribution in [0.5, 0.6) is 0 Å². The molecule has 5 rings (SSSR count). The van der Waals surface area contributed by atoms with Crippen molar-refractivity contribution in [1.29, 1.82) is 0 Å². The number of nitrogens with zero attached hydrogens (tertiary/aromatic N) is 4. The summed E-state index contributed by atoms with van der Waals surface area (Å²) >= 11 is 0. The Hall–Kier alpha value is -3.66. The van der Waals surface area contributed by atoms with Crippen LogP contribution in [0.3, 0.4) is 0 Å². The Kier molecular flexibility index (Phi) is 6.37. The molecule has 0 spiro atoms. The van der Waals surface area contributed by atoms with Gasteiger partial charge >= 0.3 is 6.18 Å². The molecule has 1 amide bonds. The molecule has 1 saturated carbocycles. The molecular formula is C23H16F7N5O3S. The molecule has 3 heterocycles. The van der Waals surface area contributed by atoms with Crippen LogP contribution in [0.25, 0.3) is 11.3 Å². The summed E-state index contributed by atoms with van der Waals surface area (Å²) in [7, 11) is -4.46. The summed E-state index contributed by atoms with van der Waals surface area (Å²) in [6.07, 6.45) is -2.39. The molecule has 2 aromatic heterocycles. The molecule has 0 bridgehead atoms. The summed E-state index contributed by atoms with van der Waals surface area (Å²) < 4.78 is 121. The number of fused-ring (bicyclic) bond motifs is 1. The number of hydrogen-bond acceptors (Lipinski definition) is 6. The normalized spacial score (nSPS) is 22.4. The molecule has 3 atom stereocenters. The predicted molar refractivity (Wildman–Crippen MR) is 118 cm³/mol. The van der Waals surface area contributed by atoms with Crippen LogP contribution in [0.15, 0.2) is 53.8 Å². The second-order valence-electron chi connectivity index (χ2n) is 8.95. The molecule has 2 fully saturated rings. The van der Waals surface area contributed by atoms with Crippen LogP contribution in [0.1, 0.15) is 11.4 Å². The standard InChI is InChI=1S/C23H16F7N5O3S/c24-13-1-3-14(4-2-13)39(37,38)35-10-15-18(22(15,26)27)19(35)20(36)32-6-11-5-17(31-9-16(11)25)12-7-33-21(34-8-12)23(28,29)30/h1-5,7-9,15,18-19H,6,10H2,(H,32,36)/t15-,18?,19-/m0/s1. The first kappa shape index (κ1) is 26.9. The summed E-state index contributed by atoms with van der Waals surface area (Å²) in [4.78, 5) is 22.8. The van der Waals surface area contributed by atoms with Gasteiger partial charge in [0.1, 0.15) is 17.7 Å². The minimum atomic E-state index is -4.78. The summed E-state index contributed by atoms with van der Waals surface area (Å²) in [5.41, 5.74) is -0.244. The van der Waals surface area contributed by atoms with Crippen molar-refractivity contribution in [3.05, 3.63) is 71.9 Å². The highest BCUT2D eigenvalue weighted by molar-refractivity contribution is 7.89. The molecule has 1 aliphatic carbocycles. The summed E-state index contributed by atoms with van der Waals surface area (Å²) in [6.45, 7) is -1.22. The van der Waals surface area contributed by atoms with E-state index in [1.807, 2.05) is 0 Å². The first-order valence-corrected chi connectivity index (χ1v) is 12.6. The quantitative estimate of drug-likeness (QED) is 0.452. The molecule has 1 N–H and O–H groups in total. The van der Waals surface area contributed by atoms with Crippen molar-refractivity contribution in [2.24, 2.45) is 11.8 Å². The van der Waals surface area contributed by atoms with Gasteiger partial charge in [0.15, 0.2) is 0 Å². The second-order valence-corrected chi connectivity index (χ2v) is 10.8. The number of aromatic nitrogens is 3. The molecule has 2 aliphatic rings. The van der Waals surface area contributed by atoms with E-state index in [4.69, 9.17) is 0 Å². The van der Waals surface area contributed by atoms with Crippen molar-refractivity contribution < 1.29 is 43.9 Å². The van der Waals surface area contributed by atoms with Gasteiger partial charge in [0, 0.05) is 42.5 Å². The van der Waals surface area contributed by atoms with E-state index in [1.165, 1.54) is 0 Å². The fraction of sp³-hybridized carbons (Fsp3) is 0.304. The average Bonchev–Trinajstić information content (AvgIpc) is 3.21. The van der Waals surface area contributed by atoms with E-state index >= 15 is 0 Å². The lowest BCUT2D eigenvalue weighted by molar-refractivity contribution is -0.145. The van der Waals surface area contributed by atoms with Gasteiger partial charge in [-0.2, -0.15) is 17.5 Å². The van der Waals surface area contributed by atoms with Gasteiger partial charge in [0.05, 0.1) is 22.7 Å². The molecule has 3 aromatic rings. The largest absolute Gasteiger partial charge is 0.451 e. The first-order valence-electron chi connectivity index (χ1n) is 11.2. The predicted octanol–water partition coefficient (Wildman–Crippen LogP) is 3.41. The van der Waals surface area contributed by atoms with E-state index in [9.17, 15) is 43.9 Å². The third-order valence-electron chi connectivity index (χ3n) is 6.57. The van der Waals surface area contributed by atoms with E-state index in [0.29, 0.717) is 4.31 Å². The van der Waals surface area contributed by atoms with Gasteiger partial charge in [-0.15, -0.1) is 0 Å². The number of nitrogens with one attached hydrogen (secondary N) is 1. The molecule has 8 nitrogen and oxygen atoms in total. The Morgan fingerprint density at radius 2 is 1.69 bits per heavy atom. The van der Waals surface area contributed by atoms with Crippen molar-refractivity contribution >= 4 is 15.9 Å². The molecule has 1 unspecified atom stereocenters. The Morgan fingerprint density at radius 3 is 2.31 bits per heavy atom. The van der Waals surface area contributed by atoms with Gasteiger partial charge < -0.3 is 5.32 Å². The van der Waals surface area contributed by atoms with Crippen LogP contribution < -0.4 is 5.32 Å². The molecule has 1 saturated heterocycles. The highest BCUT2D eigenvalue weighted by atomic mass is 32.2. The van der Waals surface area contributed by atoms with E-state index < -0.39 is 81.4 Å². The minimum absolute atomic E-state index is 0.00315. The molecule has 1 aliphatic heterocycles. The highest BCUT2D eigenvalue weighted by Crippen LogP contribution is 2.63. The van der Waals surface area contributed by atoms with Gasteiger partial charge in [-0.25, -0.2) is 35.9 Å². The zero-order valence-electron chi connectivity index (χ0n) is 19.3. The lowest BCUT2D eigenvalue weighted by Crippen LogP contribution is -2.50. The van der Waals surface area contributed by atoms with Gasteiger partial charge in [-0.3, -0.25) is 9.78 Å². The van der Waals surface area contributed by atoms with Crippen molar-refractivity contribution in [3.63, 3.8) is 0 Å². The minimum Gasteiger partial charge on any atom is -0.351 e. The summed E-state index contributed by atoms with van der Waals surface area (Å²) in [5.74, 6) is -10.4. The number of rotatable bonds is 6. The summed E-state index contributed by atoms with van der Waals surface area (Å²) in [6, 6.07) is 2.92. The highest BCUT2D eigenvalue weighted by Gasteiger charge is 2.78. The number of amides is 1. The first-order chi connectivity index (χ1) is 18.2. The Labute approximate surface area is 216 Å². The van der Waals surface area contributed by atoms with E-state index in [1.54, 1.807) is 0 Å². The van der Waals surface area contributed by atoms with Crippen LogP contribution >= 0.6 is 0 Å². The van der Waals surface area contributed by atoms with Crippen molar-refractivity contribution in [2.45, 2.75) is 29.6 Å². The van der Waals surface area contributed by atoms with Gasteiger partial charge in [0.25, 0.3) is 5.92 Å². The zero-order chi connectivity index (χ0) is 28.3. The zero-order valence-corrected chi connectivity index (χ0v) is 20.1. The Bertz CT molecular complexity index is 1530. The topological polar surface area (TPSA) is 105 Å². The molecule has 206 valence electrons. The SMILES string of the molecule is O=C(NCc1cc(-c2cnc(C(F)(F)F)nc2)ncc1F)[C@@H]1C2[C@H](CN1S(=O)(=O)c1ccc(F)cc1)C2(F)F. The third-order valence-corrected chi connectivity index (χ3v) is 8.43. The fourth-order valence-corrected chi connectivity index (χ4v) is 6.15. The van der Waals surface area contributed by atoms with E-state index in [2.05, 4.69) is 20.3 Å². The Morgan fingerprint density at radius 1 is 1.05 bits per heavy atom. The van der Waals surface area contributed by atoms with Crippen molar-refractivity contribution in [1.82, 2.24) is 24.6 Å². The number of hydrogen-bond donors (Lipinski definition) is 1. The smallest absolute Gasteiger partial charge is 0.351 e. The Balaban J connectivity index is 1.36. The summed E-state index contributed by atoms with van der Waals surface area (Å²) in [5, 5.41) is 2.26. The van der Waals surface area contributed by atoms with Crippen LogP contribution in [0.2, 0.25) is 0 Å². The maximum absolute atomic E-state index is 14.4. The molecular weight excluding hydrogens is 559 g/mol. The number of sulfonamides is 1. The van der Waals surface area contributed by atoms with Crippen LogP contribution in [0.4, 0.5) is 30.7 Å². The molecule has 16 heteroatoms. The number of alkyl halides is 5. The fourth-order valence-electron chi connectivity index (χ4n) is 4.52. The van der Waals surface area contributed by atoms with Crippen molar-refractivity contribution in [2.75, 3.05) is 6.54 Å². The number of halogens is 7. The maximum Gasteiger partial charge on any atom is 0.451 e. The lowest BCUT2D eigenvalue weighted by atomic mass is 10.1. The number of pyridine rings is 1. The number of piperidine rings is 1.